The van der Waals surface area contributed by atoms with Gasteiger partial charge in [-0.1, -0.05) is 11.8 Å². The molecule has 0 aliphatic heterocycles. The molecule has 25 heavy (non-hydrogen) atoms. The van der Waals surface area contributed by atoms with Crippen molar-refractivity contribution in [2.45, 2.75) is 43.7 Å². The Labute approximate surface area is 154 Å². The van der Waals surface area contributed by atoms with Gasteiger partial charge in [-0.15, -0.1) is 11.3 Å². The van der Waals surface area contributed by atoms with E-state index in [2.05, 4.69) is 15.3 Å². The molecule has 0 fully saturated rings. The van der Waals surface area contributed by atoms with Gasteiger partial charge < -0.3 is 9.73 Å². The van der Waals surface area contributed by atoms with E-state index in [1.54, 1.807) is 23.9 Å². The Morgan fingerprint density at radius 1 is 1.40 bits per heavy atom. The fourth-order valence-corrected chi connectivity index (χ4v) is 5.33. The minimum absolute atomic E-state index is 0.0234. The van der Waals surface area contributed by atoms with Crippen molar-refractivity contribution in [2.24, 2.45) is 0 Å². The van der Waals surface area contributed by atoms with E-state index in [4.69, 9.17) is 4.42 Å². The molecule has 0 saturated carbocycles. The maximum atomic E-state index is 12.3. The third-order valence-electron chi connectivity index (χ3n) is 4.40. The number of thiophene rings is 1. The lowest BCUT2D eigenvalue weighted by atomic mass is 9.97. The van der Waals surface area contributed by atoms with E-state index in [0.29, 0.717) is 5.75 Å². The van der Waals surface area contributed by atoms with Gasteiger partial charge in [-0.05, 0) is 50.3 Å². The van der Waals surface area contributed by atoms with Crippen molar-refractivity contribution in [3.05, 3.63) is 40.9 Å². The van der Waals surface area contributed by atoms with E-state index in [0.717, 1.165) is 28.5 Å². The number of hydrogen-bond donors (Lipinski definition) is 1. The van der Waals surface area contributed by atoms with Crippen LogP contribution in [0.3, 0.4) is 0 Å². The van der Waals surface area contributed by atoms with Crippen molar-refractivity contribution in [3.8, 4) is 0 Å². The zero-order chi connectivity index (χ0) is 17.2. The van der Waals surface area contributed by atoms with Crippen LogP contribution in [0.2, 0.25) is 0 Å². The van der Waals surface area contributed by atoms with Crippen LogP contribution in [0, 0.1) is 0 Å². The molecule has 1 N–H and O–H groups in total. The SMILES string of the molecule is C[C@@H](NC(=O)CSc1ncnc2sc3c(c12)CCCC3)c1ccco1. The second-order valence-corrected chi connectivity index (χ2v) is 8.21. The van der Waals surface area contributed by atoms with Crippen molar-refractivity contribution in [1.29, 1.82) is 0 Å². The standard InChI is InChI=1S/C18H19N3O2S2/c1-11(13-6-4-8-23-13)21-15(22)9-24-17-16-12-5-2-3-7-14(12)25-18(16)20-10-19-17/h4,6,8,10-11H,2-3,5,7,9H2,1H3,(H,21,22)/t11-/m1/s1. The molecule has 1 aliphatic carbocycles. The number of hydrogen-bond acceptors (Lipinski definition) is 6. The van der Waals surface area contributed by atoms with Crippen LogP contribution in [0.1, 0.15) is 42.0 Å². The summed E-state index contributed by atoms with van der Waals surface area (Å²) in [4.78, 5) is 23.6. The highest BCUT2D eigenvalue weighted by Gasteiger charge is 2.20. The Balaban J connectivity index is 1.47. The molecule has 4 rings (SSSR count). The van der Waals surface area contributed by atoms with Crippen molar-refractivity contribution in [3.63, 3.8) is 0 Å². The largest absolute Gasteiger partial charge is 0.467 e. The van der Waals surface area contributed by atoms with Gasteiger partial charge in [0.1, 0.15) is 21.9 Å². The van der Waals surface area contributed by atoms with E-state index in [1.165, 1.54) is 40.4 Å². The van der Waals surface area contributed by atoms with Crippen LogP contribution >= 0.6 is 23.1 Å². The minimum atomic E-state index is -0.137. The van der Waals surface area contributed by atoms with E-state index < -0.39 is 0 Å². The highest BCUT2D eigenvalue weighted by atomic mass is 32.2. The third-order valence-corrected chi connectivity index (χ3v) is 6.59. The van der Waals surface area contributed by atoms with Crippen molar-refractivity contribution < 1.29 is 9.21 Å². The van der Waals surface area contributed by atoms with Crippen LogP contribution in [0.15, 0.2) is 34.2 Å². The zero-order valence-corrected chi connectivity index (χ0v) is 15.6. The molecule has 0 aromatic carbocycles. The van der Waals surface area contributed by atoms with E-state index >= 15 is 0 Å². The van der Waals surface area contributed by atoms with Gasteiger partial charge in [-0.3, -0.25) is 4.79 Å². The first-order valence-electron chi connectivity index (χ1n) is 8.43. The number of carbonyl (C=O) groups is 1. The highest BCUT2D eigenvalue weighted by Crippen LogP contribution is 2.39. The normalized spacial score (nSPS) is 15.1. The Morgan fingerprint density at radius 2 is 2.28 bits per heavy atom. The lowest BCUT2D eigenvalue weighted by Crippen LogP contribution is -2.27. The fraction of sp³-hybridized carbons (Fsp3) is 0.389. The molecule has 0 unspecified atom stereocenters. The van der Waals surface area contributed by atoms with Crippen LogP contribution < -0.4 is 5.32 Å². The molecule has 3 aromatic heterocycles. The zero-order valence-electron chi connectivity index (χ0n) is 13.9. The second kappa shape index (κ2) is 7.17. The molecule has 7 heteroatoms. The van der Waals surface area contributed by atoms with E-state index in [-0.39, 0.29) is 11.9 Å². The minimum Gasteiger partial charge on any atom is -0.467 e. The van der Waals surface area contributed by atoms with Gasteiger partial charge in [0, 0.05) is 10.3 Å². The predicted octanol–water partition coefficient (Wildman–Crippen LogP) is 4.13. The molecule has 3 aromatic rings. The number of thioether (sulfide) groups is 1. The lowest BCUT2D eigenvalue weighted by molar-refractivity contribution is -0.119. The van der Waals surface area contributed by atoms with Crippen LogP contribution in [0.25, 0.3) is 10.2 Å². The number of fused-ring (bicyclic) bond motifs is 3. The Morgan fingerprint density at radius 3 is 3.12 bits per heavy atom. The maximum absolute atomic E-state index is 12.3. The van der Waals surface area contributed by atoms with E-state index in [1.807, 2.05) is 19.1 Å². The number of amides is 1. The maximum Gasteiger partial charge on any atom is 0.230 e. The first-order chi connectivity index (χ1) is 12.2. The van der Waals surface area contributed by atoms with Crippen molar-refractivity contribution in [2.75, 3.05) is 5.75 Å². The molecule has 1 amide bonds. The van der Waals surface area contributed by atoms with Gasteiger partial charge in [0.05, 0.1) is 18.1 Å². The van der Waals surface area contributed by atoms with Crippen LogP contribution in [0.5, 0.6) is 0 Å². The number of rotatable bonds is 5. The van der Waals surface area contributed by atoms with Crippen LogP contribution in [-0.2, 0) is 17.6 Å². The van der Waals surface area contributed by atoms with Gasteiger partial charge in [-0.2, -0.15) is 0 Å². The number of nitrogens with zero attached hydrogens (tertiary/aromatic N) is 2. The van der Waals surface area contributed by atoms with Gasteiger partial charge in [0.15, 0.2) is 0 Å². The average Bonchev–Trinajstić information content (AvgIpc) is 3.27. The Bertz CT molecular complexity index is 889. The van der Waals surface area contributed by atoms with Crippen LogP contribution in [-0.4, -0.2) is 21.6 Å². The van der Waals surface area contributed by atoms with Crippen LogP contribution in [0.4, 0.5) is 0 Å². The monoisotopic (exact) mass is 373 g/mol. The summed E-state index contributed by atoms with van der Waals surface area (Å²) in [5, 5.41) is 5.05. The molecule has 0 bridgehead atoms. The summed E-state index contributed by atoms with van der Waals surface area (Å²) in [5.41, 5.74) is 1.40. The van der Waals surface area contributed by atoms with Crippen molar-refractivity contribution in [1.82, 2.24) is 15.3 Å². The summed E-state index contributed by atoms with van der Waals surface area (Å²) < 4.78 is 5.33. The molecule has 1 aliphatic rings. The summed E-state index contributed by atoms with van der Waals surface area (Å²) in [5.74, 6) is 1.07. The van der Waals surface area contributed by atoms with Crippen molar-refractivity contribution >= 4 is 39.2 Å². The summed E-state index contributed by atoms with van der Waals surface area (Å²) in [6.45, 7) is 1.92. The summed E-state index contributed by atoms with van der Waals surface area (Å²) in [6, 6.07) is 3.55. The summed E-state index contributed by atoms with van der Waals surface area (Å²) >= 11 is 3.27. The van der Waals surface area contributed by atoms with Gasteiger partial charge in [0.25, 0.3) is 0 Å². The molecular formula is C18H19N3O2S2. The molecule has 5 nitrogen and oxygen atoms in total. The summed E-state index contributed by atoms with van der Waals surface area (Å²) in [7, 11) is 0. The first-order valence-corrected chi connectivity index (χ1v) is 10.2. The van der Waals surface area contributed by atoms with Gasteiger partial charge >= 0.3 is 0 Å². The quantitative estimate of drug-likeness (QED) is 0.538. The number of nitrogens with one attached hydrogen (secondary N) is 1. The number of furan rings is 1. The molecule has 3 heterocycles. The molecule has 0 radical (unpaired) electrons. The molecule has 0 spiro atoms. The highest BCUT2D eigenvalue weighted by molar-refractivity contribution is 8.00. The number of carbonyl (C=O) groups excluding carboxylic acids is 1. The third kappa shape index (κ3) is 3.43. The first kappa shape index (κ1) is 16.6. The smallest absolute Gasteiger partial charge is 0.230 e. The van der Waals surface area contributed by atoms with Gasteiger partial charge in [-0.25, -0.2) is 9.97 Å². The predicted molar refractivity (Wildman–Crippen MR) is 100 cm³/mol. The topological polar surface area (TPSA) is 68.0 Å². The Hall–Kier alpha value is -1.86. The van der Waals surface area contributed by atoms with E-state index in [9.17, 15) is 4.79 Å². The molecule has 1 atom stereocenters. The Kier molecular flexibility index (Phi) is 4.76. The lowest BCUT2D eigenvalue weighted by Gasteiger charge is -2.12. The number of aryl methyl sites for hydroxylation is 2. The number of aromatic nitrogens is 2. The second-order valence-electron chi connectivity index (χ2n) is 6.16. The average molecular weight is 374 g/mol. The fourth-order valence-electron chi connectivity index (χ4n) is 3.20. The summed E-state index contributed by atoms with van der Waals surface area (Å²) in [6.07, 6.45) is 7.93. The molecule has 130 valence electrons. The molecular weight excluding hydrogens is 354 g/mol. The van der Waals surface area contributed by atoms with Gasteiger partial charge in [0.2, 0.25) is 5.91 Å². The molecule has 0 saturated heterocycles.